The number of rotatable bonds is 3. The number of carbonyl (C=O) groups excluding carboxylic acids is 1. The molecule has 2 rings (SSSR count). The summed E-state index contributed by atoms with van der Waals surface area (Å²) in [6, 6.07) is 5.06. The molecule has 0 spiro atoms. The quantitative estimate of drug-likeness (QED) is 0.892. The minimum Gasteiger partial charge on any atom is -0.325 e. The maximum absolute atomic E-state index is 11.8. The second-order valence-corrected chi connectivity index (χ2v) is 5.02. The Balaban J connectivity index is 1.88. The third kappa shape index (κ3) is 3.85. The highest BCUT2D eigenvalue weighted by Gasteiger charge is 2.13. The normalized spacial score (nSPS) is 16.6. The van der Waals surface area contributed by atoms with Crippen molar-refractivity contribution in [2.45, 2.75) is 0 Å². The molecule has 0 bridgehead atoms. The fraction of sp³-hybridized carbons (Fsp3) is 0.417. The molecule has 1 aliphatic rings. The van der Waals surface area contributed by atoms with Crippen LogP contribution in [-0.2, 0) is 4.79 Å². The summed E-state index contributed by atoms with van der Waals surface area (Å²) in [6.07, 6.45) is 0. The highest BCUT2D eigenvalue weighted by Crippen LogP contribution is 2.24. The number of halogens is 2. The molecule has 0 aromatic heterocycles. The van der Waals surface area contributed by atoms with Gasteiger partial charge >= 0.3 is 0 Å². The topological polar surface area (TPSA) is 44.4 Å². The maximum Gasteiger partial charge on any atom is 0.238 e. The molecule has 6 heteroatoms. The molecule has 1 aromatic rings. The Morgan fingerprint density at radius 2 is 2.00 bits per heavy atom. The van der Waals surface area contributed by atoms with E-state index in [1.54, 1.807) is 18.2 Å². The molecule has 1 heterocycles. The molecule has 0 saturated carbocycles. The molecule has 1 aliphatic heterocycles. The summed E-state index contributed by atoms with van der Waals surface area (Å²) in [5.74, 6) is -0.0321. The zero-order valence-corrected chi connectivity index (χ0v) is 11.4. The van der Waals surface area contributed by atoms with Crippen LogP contribution in [0.3, 0.4) is 0 Å². The number of hydrogen-bond acceptors (Lipinski definition) is 3. The Morgan fingerprint density at radius 3 is 2.67 bits per heavy atom. The van der Waals surface area contributed by atoms with E-state index in [-0.39, 0.29) is 5.91 Å². The van der Waals surface area contributed by atoms with E-state index in [9.17, 15) is 4.79 Å². The van der Waals surface area contributed by atoms with Crippen LogP contribution in [0, 0.1) is 0 Å². The van der Waals surface area contributed by atoms with Gasteiger partial charge in [-0.1, -0.05) is 23.2 Å². The Labute approximate surface area is 116 Å². The number of nitrogens with zero attached hydrogens (tertiary/aromatic N) is 1. The molecule has 0 radical (unpaired) electrons. The smallest absolute Gasteiger partial charge is 0.238 e. The van der Waals surface area contributed by atoms with Crippen molar-refractivity contribution in [2.24, 2.45) is 0 Å². The molecule has 2 N–H and O–H groups in total. The first-order chi connectivity index (χ1) is 8.65. The van der Waals surface area contributed by atoms with Gasteiger partial charge in [0.25, 0.3) is 0 Å². The standard InChI is InChI=1S/C12H15Cl2N3O/c13-10-2-1-9(7-11(10)14)16-12(18)8-17-5-3-15-4-6-17/h1-2,7,15H,3-6,8H2,(H,16,18). The van der Waals surface area contributed by atoms with Gasteiger partial charge in [-0.2, -0.15) is 0 Å². The molecular formula is C12H15Cl2N3O. The molecule has 18 heavy (non-hydrogen) atoms. The summed E-state index contributed by atoms with van der Waals surface area (Å²) in [7, 11) is 0. The van der Waals surface area contributed by atoms with Gasteiger partial charge in [-0.25, -0.2) is 0 Å². The Hall–Kier alpha value is -0.810. The summed E-state index contributed by atoms with van der Waals surface area (Å²) in [5.41, 5.74) is 0.671. The van der Waals surface area contributed by atoms with E-state index < -0.39 is 0 Å². The number of anilines is 1. The third-order valence-electron chi connectivity index (χ3n) is 2.78. The lowest BCUT2D eigenvalue weighted by molar-refractivity contribution is -0.117. The van der Waals surface area contributed by atoms with Crippen LogP contribution < -0.4 is 10.6 Å². The second-order valence-electron chi connectivity index (χ2n) is 4.20. The summed E-state index contributed by atoms with van der Waals surface area (Å²) in [4.78, 5) is 13.9. The van der Waals surface area contributed by atoms with Gasteiger partial charge < -0.3 is 10.6 Å². The lowest BCUT2D eigenvalue weighted by atomic mass is 10.3. The fourth-order valence-electron chi connectivity index (χ4n) is 1.85. The van der Waals surface area contributed by atoms with Gasteiger partial charge in [0.2, 0.25) is 5.91 Å². The van der Waals surface area contributed by atoms with Crippen LogP contribution in [0.5, 0.6) is 0 Å². The van der Waals surface area contributed by atoms with Crippen molar-refractivity contribution >= 4 is 34.8 Å². The molecule has 1 amide bonds. The van der Waals surface area contributed by atoms with Gasteiger partial charge in [0.1, 0.15) is 0 Å². The molecule has 0 atom stereocenters. The molecule has 1 fully saturated rings. The molecule has 1 saturated heterocycles. The van der Waals surface area contributed by atoms with E-state index >= 15 is 0 Å². The van der Waals surface area contributed by atoms with Crippen LogP contribution in [0.25, 0.3) is 0 Å². The van der Waals surface area contributed by atoms with Crippen LogP contribution in [0.2, 0.25) is 10.0 Å². The largest absolute Gasteiger partial charge is 0.325 e. The van der Waals surface area contributed by atoms with E-state index in [4.69, 9.17) is 23.2 Å². The maximum atomic E-state index is 11.8. The molecule has 1 aromatic carbocycles. The monoisotopic (exact) mass is 287 g/mol. The van der Waals surface area contributed by atoms with E-state index in [0.29, 0.717) is 22.3 Å². The highest BCUT2D eigenvalue weighted by atomic mass is 35.5. The van der Waals surface area contributed by atoms with Gasteiger partial charge in [0.05, 0.1) is 16.6 Å². The number of piperazine rings is 1. The number of amides is 1. The van der Waals surface area contributed by atoms with Crippen molar-refractivity contribution in [3.63, 3.8) is 0 Å². The van der Waals surface area contributed by atoms with E-state index in [0.717, 1.165) is 26.2 Å². The van der Waals surface area contributed by atoms with E-state index in [2.05, 4.69) is 15.5 Å². The van der Waals surface area contributed by atoms with Crippen LogP contribution in [0.1, 0.15) is 0 Å². The average Bonchev–Trinajstić information content (AvgIpc) is 2.35. The fourth-order valence-corrected chi connectivity index (χ4v) is 2.14. The summed E-state index contributed by atoms with van der Waals surface area (Å²) in [6.45, 7) is 4.06. The van der Waals surface area contributed by atoms with Crippen LogP contribution in [-0.4, -0.2) is 43.5 Å². The van der Waals surface area contributed by atoms with Gasteiger partial charge in [-0.05, 0) is 18.2 Å². The minimum absolute atomic E-state index is 0.0321. The predicted octanol–water partition coefficient (Wildman–Crippen LogP) is 1.84. The van der Waals surface area contributed by atoms with Crippen molar-refractivity contribution in [2.75, 3.05) is 38.0 Å². The number of benzene rings is 1. The average molecular weight is 288 g/mol. The first-order valence-corrected chi connectivity index (χ1v) is 6.59. The Bertz CT molecular complexity index is 433. The Morgan fingerprint density at radius 1 is 1.28 bits per heavy atom. The van der Waals surface area contributed by atoms with Gasteiger partial charge in [-0.3, -0.25) is 9.69 Å². The number of carbonyl (C=O) groups is 1. The van der Waals surface area contributed by atoms with Crippen molar-refractivity contribution < 1.29 is 4.79 Å². The van der Waals surface area contributed by atoms with Gasteiger partial charge in [0, 0.05) is 31.9 Å². The second kappa shape index (κ2) is 6.38. The lowest BCUT2D eigenvalue weighted by Crippen LogP contribution is -2.46. The Kier molecular flexibility index (Phi) is 4.83. The zero-order valence-electron chi connectivity index (χ0n) is 9.88. The summed E-state index contributed by atoms with van der Waals surface area (Å²) >= 11 is 11.7. The van der Waals surface area contributed by atoms with Crippen LogP contribution >= 0.6 is 23.2 Å². The third-order valence-corrected chi connectivity index (χ3v) is 3.52. The molecular weight excluding hydrogens is 273 g/mol. The van der Waals surface area contributed by atoms with Gasteiger partial charge in [-0.15, -0.1) is 0 Å². The van der Waals surface area contributed by atoms with Crippen molar-refractivity contribution in [3.8, 4) is 0 Å². The minimum atomic E-state index is -0.0321. The van der Waals surface area contributed by atoms with Crippen LogP contribution in [0.15, 0.2) is 18.2 Å². The molecule has 4 nitrogen and oxygen atoms in total. The number of hydrogen-bond donors (Lipinski definition) is 2. The van der Waals surface area contributed by atoms with Crippen molar-refractivity contribution in [3.05, 3.63) is 28.2 Å². The summed E-state index contributed by atoms with van der Waals surface area (Å²) in [5, 5.41) is 6.98. The summed E-state index contributed by atoms with van der Waals surface area (Å²) < 4.78 is 0. The molecule has 0 aliphatic carbocycles. The predicted molar refractivity (Wildman–Crippen MR) is 74.4 cm³/mol. The number of nitrogens with one attached hydrogen (secondary N) is 2. The zero-order chi connectivity index (χ0) is 13.0. The SMILES string of the molecule is O=C(CN1CCNCC1)Nc1ccc(Cl)c(Cl)c1. The lowest BCUT2D eigenvalue weighted by Gasteiger charge is -2.26. The van der Waals surface area contributed by atoms with Crippen LogP contribution in [0.4, 0.5) is 5.69 Å². The highest BCUT2D eigenvalue weighted by molar-refractivity contribution is 6.42. The van der Waals surface area contributed by atoms with Crippen molar-refractivity contribution in [1.29, 1.82) is 0 Å². The van der Waals surface area contributed by atoms with Crippen molar-refractivity contribution in [1.82, 2.24) is 10.2 Å². The van der Waals surface area contributed by atoms with E-state index in [1.165, 1.54) is 0 Å². The first-order valence-electron chi connectivity index (χ1n) is 5.83. The first kappa shape index (κ1) is 13.6. The van der Waals surface area contributed by atoms with Gasteiger partial charge in [0.15, 0.2) is 0 Å². The van der Waals surface area contributed by atoms with E-state index in [1.807, 2.05) is 0 Å². The molecule has 0 unspecified atom stereocenters. The molecule has 98 valence electrons.